The molecule has 1 N–H and O–H groups in total. The van der Waals surface area contributed by atoms with Crippen LogP contribution in [-0.4, -0.2) is 50.1 Å². The van der Waals surface area contributed by atoms with Gasteiger partial charge in [-0.25, -0.2) is 0 Å². The van der Waals surface area contributed by atoms with Crippen LogP contribution in [0.2, 0.25) is 5.02 Å². The first-order valence-corrected chi connectivity index (χ1v) is 9.43. The van der Waals surface area contributed by atoms with Gasteiger partial charge in [0.25, 0.3) is 0 Å². The highest BCUT2D eigenvalue weighted by Crippen LogP contribution is 2.33. The number of hydrogen-bond acceptors (Lipinski definition) is 4. The highest BCUT2D eigenvalue weighted by atomic mass is 35.5. The molecular formula is C19H27ClN2O4. The van der Waals surface area contributed by atoms with Gasteiger partial charge in [-0.2, -0.15) is 0 Å². The summed E-state index contributed by atoms with van der Waals surface area (Å²) in [4.78, 5) is 26.4. The molecule has 0 aromatic heterocycles. The van der Waals surface area contributed by atoms with Crippen molar-refractivity contribution in [2.75, 3.05) is 38.7 Å². The molecule has 0 radical (unpaired) electrons. The highest BCUT2D eigenvalue weighted by Gasteiger charge is 2.27. The molecule has 1 aliphatic rings. The standard InChI is InChI=1S/C19H27ClN2O4/c1-3-5-17(23)22-10-8-14(9-11-22)19(24)21-16-7-4-6-15(20)18(16)26-13-12-25-2/h4,6-7,14H,3,5,8-13H2,1-2H3,(H,21,24). The van der Waals surface area contributed by atoms with Crippen molar-refractivity contribution in [3.63, 3.8) is 0 Å². The number of carbonyl (C=O) groups excluding carboxylic acids is 2. The number of piperidine rings is 1. The summed E-state index contributed by atoms with van der Waals surface area (Å²) in [5.74, 6) is 0.447. The third-order valence-electron chi connectivity index (χ3n) is 4.44. The number of nitrogens with zero attached hydrogens (tertiary/aromatic N) is 1. The summed E-state index contributed by atoms with van der Waals surface area (Å²) >= 11 is 6.20. The van der Waals surface area contributed by atoms with Crippen molar-refractivity contribution in [2.24, 2.45) is 5.92 Å². The van der Waals surface area contributed by atoms with E-state index in [1.165, 1.54) is 0 Å². The maximum atomic E-state index is 12.6. The van der Waals surface area contributed by atoms with Crippen LogP contribution in [0.5, 0.6) is 5.75 Å². The van der Waals surface area contributed by atoms with Crippen LogP contribution in [0, 0.1) is 5.92 Å². The zero-order valence-corrected chi connectivity index (χ0v) is 16.2. The average molecular weight is 383 g/mol. The topological polar surface area (TPSA) is 67.9 Å². The lowest BCUT2D eigenvalue weighted by Gasteiger charge is -2.31. The summed E-state index contributed by atoms with van der Waals surface area (Å²) in [6.07, 6.45) is 2.75. The van der Waals surface area contributed by atoms with E-state index in [0.29, 0.717) is 62.0 Å². The van der Waals surface area contributed by atoms with Gasteiger partial charge in [-0.15, -0.1) is 0 Å². The van der Waals surface area contributed by atoms with Gasteiger partial charge in [-0.05, 0) is 31.4 Å². The molecule has 1 heterocycles. The molecule has 7 heteroatoms. The number of halogens is 1. The largest absolute Gasteiger partial charge is 0.487 e. The molecule has 1 aromatic carbocycles. The molecule has 1 aromatic rings. The van der Waals surface area contributed by atoms with E-state index in [1.807, 2.05) is 11.8 Å². The lowest BCUT2D eigenvalue weighted by atomic mass is 9.95. The molecule has 1 fully saturated rings. The summed E-state index contributed by atoms with van der Waals surface area (Å²) in [5.41, 5.74) is 0.558. The molecule has 0 spiro atoms. The Labute approximate surface area is 159 Å². The number of benzene rings is 1. The number of carbonyl (C=O) groups is 2. The van der Waals surface area contributed by atoms with Crippen LogP contribution in [-0.2, 0) is 14.3 Å². The van der Waals surface area contributed by atoms with Gasteiger partial charge < -0.3 is 19.7 Å². The Morgan fingerprint density at radius 1 is 1.27 bits per heavy atom. The Morgan fingerprint density at radius 2 is 2.00 bits per heavy atom. The van der Waals surface area contributed by atoms with Gasteiger partial charge in [0.2, 0.25) is 11.8 Å². The molecule has 0 aliphatic carbocycles. The fraction of sp³-hybridized carbons (Fsp3) is 0.579. The lowest BCUT2D eigenvalue weighted by molar-refractivity contribution is -0.134. The van der Waals surface area contributed by atoms with E-state index < -0.39 is 0 Å². The van der Waals surface area contributed by atoms with Crippen LogP contribution in [0.4, 0.5) is 5.69 Å². The van der Waals surface area contributed by atoms with Crippen LogP contribution >= 0.6 is 11.6 Å². The first kappa shape index (κ1) is 20.5. The third kappa shape index (κ3) is 5.61. The van der Waals surface area contributed by atoms with Crippen LogP contribution in [0.15, 0.2) is 18.2 Å². The number of amides is 2. The van der Waals surface area contributed by atoms with Crippen LogP contribution in [0.25, 0.3) is 0 Å². The van der Waals surface area contributed by atoms with Crippen molar-refractivity contribution in [3.05, 3.63) is 23.2 Å². The van der Waals surface area contributed by atoms with E-state index in [1.54, 1.807) is 25.3 Å². The monoisotopic (exact) mass is 382 g/mol. The van der Waals surface area contributed by atoms with Crippen molar-refractivity contribution in [1.29, 1.82) is 0 Å². The minimum Gasteiger partial charge on any atom is -0.487 e. The molecule has 1 saturated heterocycles. The fourth-order valence-corrected chi connectivity index (χ4v) is 3.21. The second-order valence-corrected chi connectivity index (χ2v) is 6.76. The van der Waals surface area contributed by atoms with E-state index in [9.17, 15) is 9.59 Å². The maximum Gasteiger partial charge on any atom is 0.227 e. The van der Waals surface area contributed by atoms with Gasteiger partial charge in [0.05, 0.1) is 17.3 Å². The predicted molar refractivity (Wildman–Crippen MR) is 102 cm³/mol. The molecule has 0 bridgehead atoms. The van der Waals surface area contributed by atoms with Gasteiger partial charge in [0.15, 0.2) is 5.75 Å². The first-order chi connectivity index (χ1) is 12.6. The Morgan fingerprint density at radius 3 is 2.65 bits per heavy atom. The smallest absolute Gasteiger partial charge is 0.227 e. The summed E-state index contributed by atoms with van der Waals surface area (Å²) in [6.45, 7) is 4.03. The quantitative estimate of drug-likeness (QED) is 0.700. The second-order valence-electron chi connectivity index (χ2n) is 6.35. The van der Waals surface area contributed by atoms with Gasteiger partial charge in [0, 0.05) is 32.5 Å². The molecule has 2 amide bonds. The zero-order valence-electron chi connectivity index (χ0n) is 15.4. The van der Waals surface area contributed by atoms with E-state index >= 15 is 0 Å². The number of methoxy groups -OCH3 is 1. The summed E-state index contributed by atoms with van der Waals surface area (Å²) in [6, 6.07) is 5.26. The average Bonchev–Trinajstić information content (AvgIpc) is 2.64. The SMILES string of the molecule is CCCC(=O)N1CCC(C(=O)Nc2cccc(Cl)c2OCCOC)CC1. The number of hydrogen-bond donors (Lipinski definition) is 1. The minimum atomic E-state index is -0.119. The molecule has 0 atom stereocenters. The van der Waals surface area contributed by atoms with Crippen LogP contribution in [0.3, 0.4) is 0 Å². The van der Waals surface area contributed by atoms with E-state index in [0.717, 1.165) is 6.42 Å². The Bertz CT molecular complexity index is 616. The van der Waals surface area contributed by atoms with Gasteiger partial charge in [-0.3, -0.25) is 9.59 Å². The summed E-state index contributed by atoms with van der Waals surface area (Å²) in [5, 5.41) is 3.37. The number of para-hydroxylation sites is 1. The number of rotatable bonds is 8. The van der Waals surface area contributed by atoms with Gasteiger partial charge in [-0.1, -0.05) is 24.6 Å². The highest BCUT2D eigenvalue weighted by molar-refractivity contribution is 6.32. The summed E-state index contributed by atoms with van der Waals surface area (Å²) < 4.78 is 10.6. The maximum absolute atomic E-state index is 12.6. The van der Waals surface area contributed by atoms with E-state index in [-0.39, 0.29) is 17.7 Å². The second kappa shape index (κ2) is 10.4. The lowest BCUT2D eigenvalue weighted by Crippen LogP contribution is -2.41. The van der Waals surface area contributed by atoms with Crippen molar-refractivity contribution in [3.8, 4) is 5.75 Å². The van der Waals surface area contributed by atoms with Gasteiger partial charge >= 0.3 is 0 Å². The molecule has 144 valence electrons. The normalized spacial score (nSPS) is 15.0. The molecule has 1 aliphatic heterocycles. The number of ether oxygens (including phenoxy) is 2. The first-order valence-electron chi connectivity index (χ1n) is 9.05. The Hall–Kier alpha value is -1.79. The zero-order chi connectivity index (χ0) is 18.9. The molecule has 26 heavy (non-hydrogen) atoms. The molecular weight excluding hydrogens is 356 g/mol. The number of anilines is 1. The number of nitrogens with one attached hydrogen (secondary N) is 1. The molecule has 0 saturated carbocycles. The van der Waals surface area contributed by atoms with Crippen LogP contribution in [0.1, 0.15) is 32.6 Å². The van der Waals surface area contributed by atoms with Crippen molar-refractivity contribution < 1.29 is 19.1 Å². The predicted octanol–water partition coefficient (Wildman–Crippen LogP) is 3.34. The summed E-state index contributed by atoms with van der Waals surface area (Å²) in [7, 11) is 1.59. The van der Waals surface area contributed by atoms with Crippen molar-refractivity contribution in [2.45, 2.75) is 32.6 Å². The van der Waals surface area contributed by atoms with E-state index in [4.69, 9.17) is 21.1 Å². The van der Waals surface area contributed by atoms with Crippen molar-refractivity contribution >= 4 is 29.1 Å². The number of likely N-dealkylation sites (tertiary alicyclic amines) is 1. The van der Waals surface area contributed by atoms with Crippen molar-refractivity contribution in [1.82, 2.24) is 4.90 Å². The Kier molecular flexibility index (Phi) is 8.19. The van der Waals surface area contributed by atoms with Gasteiger partial charge in [0.1, 0.15) is 6.61 Å². The Balaban J connectivity index is 1.94. The fourth-order valence-electron chi connectivity index (χ4n) is 2.98. The minimum absolute atomic E-state index is 0.0635. The van der Waals surface area contributed by atoms with Crippen LogP contribution < -0.4 is 10.1 Å². The molecule has 2 rings (SSSR count). The molecule has 6 nitrogen and oxygen atoms in total. The van der Waals surface area contributed by atoms with E-state index in [2.05, 4.69) is 5.32 Å². The third-order valence-corrected chi connectivity index (χ3v) is 4.74. The molecule has 0 unspecified atom stereocenters.